The van der Waals surface area contributed by atoms with Crippen molar-refractivity contribution < 1.29 is 9.18 Å². The minimum absolute atomic E-state index is 0.00492. The second kappa shape index (κ2) is 5.71. The Hall–Kier alpha value is -2.50. The third-order valence-electron chi connectivity index (χ3n) is 4.09. The molecule has 0 bridgehead atoms. The predicted molar refractivity (Wildman–Crippen MR) is 80.4 cm³/mol. The van der Waals surface area contributed by atoms with Gasteiger partial charge in [-0.15, -0.1) is 0 Å². The summed E-state index contributed by atoms with van der Waals surface area (Å²) < 4.78 is 14.4. The first-order valence-corrected chi connectivity index (χ1v) is 7.12. The van der Waals surface area contributed by atoms with Crippen LogP contribution in [0.15, 0.2) is 35.4 Å². The molecular formula is C16H16FN3O2. The molecule has 1 aliphatic rings. The standard InChI is InChI=1S/C16H16FN3O2/c1-19-14(11-2-4-12(17)5-3-11)7-6-13-15(19)16(22)20(8-9-21)10-18-13/h2-5,9-10,14H,6-8H2,1H3. The van der Waals surface area contributed by atoms with Crippen LogP contribution in [0.1, 0.15) is 23.7 Å². The summed E-state index contributed by atoms with van der Waals surface area (Å²) in [5.74, 6) is -0.280. The summed E-state index contributed by atoms with van der Waals surface area (Å²) in [7, 11) is 1.83. The first kappa shape index (κ1) is 14.4. The number of aryl methyl sites for hydroxylation is 1. The highest BCUT2D eigenvalue weighted by Gasteiger charge is 2.28. The Morgan fingerprint density at radius 3 is 2.77 bits per heavy atom. The Bertz CT molecular complexity index is 755. The third kappa shape index (κ3) is 2.41. The number of rotatable bonds is 3. The number of carbonyl (C=O) groups excluding carboxylic acids is 1. The maximum atomic E-state index is 13.1. The van der Waals surface area contributed by atoms with E-state index in [0.717, 1.165) is 17.7 Å². The molecule has 0 spiro atoms. The van der Waals surface area contributed by atoms with Gasteiger partial charge in [-0.3, -0.25) is 9.36 Å². The number of aldehydes is 1. The number of hydrogen-bond acceptors (Lipinski definition) is 4. The Labute approximate surface area is 127 Å². The van der Waals surface area contributed by atoms with Crippen LogP contribution in [0.4, 0.5) is 10.1 Å². The van der Waals surface area contributed by atoms with Gasteiger partial charge in [0.1, 0.15) is 17.8 Å². The molecule has 22 heavy (non-hydrogen) atoms. The van der Waals surface area contributed by atoms with Crippen LogP contribution >= 0.6 is 0 Å². The van der Waals surface area contributed by atoms with Crippen molar-refractivity contribution in [2.45, 2.75) is 25.4 Å². The average molecular weight is 301 g/mol. The predicted octanol–water partition coefficient (Wildman–Crippen LogP) is 1.71. The fourth-order valence-corrected chi connectivity index (χ4v) is 2.96. The first-order chi connectivity index (χ1) is 10.6. The molecule has 0 saturated heterocycles. The van der Waals surface area contributed by atoms with E-state index in [1.165, 1.54) is 23.0 Å². The van der Waals surface area contributed by atoms with Gasteiger partial charge in [0.15, 0.2) is 0 Å². The van der Waals surface area contributed by atoms with Crippen LogP contribution in [0, 0.1) is 5.82 Å². The van der Waals surface area contributed by atoms with Gasteiger partial charge >= 0.3 is 0 Å². The highest BCUT2D eigenvalue weighted by atomic mass is 19.1. The van der Waals surface area contributed by atoms with Crippen LogP contribution in [0.3, 0.4) is 0 Å². The van der Waals surface area contributed by atoms with Gasteiger partial charge in [0.2, 0.25) is 0 Å². The Morgan fingerprint density at radius 1 is 1.36 bits per heavy atom. The normalized spacial score (nSPS) is 17.2. The van der Waals surface area contributed by atoms with E-state index in [1.54, 1.807) is 12.1 Å². The highest BCUT2D eigenvalue weighted by Crippen LogP contribution is 2.34. The van der Waals surface area contributed by atoms with Crippen molar-refractivity contribution in [2.24, 2.45) is 0 Å². The van der Waals surface area contributed by atoms with Crippen molar-refractivity contribution in [1.82, 2.24) is 9.55 Å². The van der Waals surface area contributed by atoms with Gasteiger partial charge < -0.3 is 9.69 Å². The molecule has 5 nitrogen and oxygen atoms in total. The molecule has 0 fully saturated rings. The van der Waals surface area contributed by atoms with Crippen LogP contribution in [-0.4, -0.2) is 22.9 Å². The van der Waals surface area contributed by atoms with Crippen molar-refractivity contribution in [3.05, 3.63) is 58.0 Å². The van der Waals surface area contributed by atoms with Crippen molar-refractivity contribution >= 4 is 12.0 Å². The first-order valence-electron chi connectivity index (χ1n) is 7.12. The van der Waals surface area contributed by atoms with Gasteiger partial charge in [-0.2, -0.15) is 0 Å². The molecule has 1 aromatic carbocycles. The molecule has 1 atom stereocenters. The van der Waals surface area contributed by atoms with E-state index in [4.69, 9.17) is 0 Å². The average Bonchev–Trinajstić information content (AvgIpc) is 2.51. The number of carbonyl (C=O) groups is 1. The van der Waals surface area contributed by atoms with Gasteiger partial charge in [0.25, 0.3) is 5.56 Å². The number of halogens is 1. The zero-order chi connectivity index (χ0) is 15.7. The van der Waals surface area contributed by atoms with E-state index < -0.39 is 0 Å². The quantitative estimate of drug-likeness (QED) is 0.810. The lowest BCUT2D eigenvalue weighted by Crippen LogP contribution is -2.37. The van der Waals surface area contributed by atoms with Crippen LogP contribution < -0.4 is 10.5 Å². The minimum Gasteiger partial charge on any atom is -0.362 e. The molecule has 2 heterocycles. The summed E-state index contributed by atoms with van der Waals surface area (Å²) >= 11 is 0. The Kier molecular flexibility index (Phi) is 3.75. The summed E-state index contributed by atoms with van der Waals surface area (Å²) in [6.45, 7) is -0.00579. The Morgan fingerprint density at radius 2 is 2.09 bits per heavy atom. The molecule has 0 N–H and O–H groups in total. The van der Waals surface area contributed by atoms with Crippen LogP contribution in [0.25, 0.3) is 0 Å². The summed E-state index contributed by atoms with van der Waals surface area (Å²) in [6.07, 6.45) is 3.58. The molecule has 0 radical (unpaired) electrons. The molecule has 2 aromatic rings. The van der Waals surface area contributed by atoms with Gasteiger partial charge in [0.05, 0.1) is 24.6 Å². The van der Waals surface area contributed by atoms with Crippen LogP contribution in [-0.2, 0) is 17.8 Å². The fourth-order valence-electron chi connectivity index (χ4n) is 2.96. The van der Waals surface area contributed by atoms with Crippen molar-refractivity contribution in [1.29, 1.82) is 0 Å². The molecular weight excluding hydrogens is 285 g/mol. The highest BCUT2D eigenvalue weighted by molar-refractivity contribution is 5.54. The maximum Gasteiger partial charge on any atom is 0.277 e. The second-order valence-electron chi connectivity index (χ2n) is 5.38. The molecule has 1 aromatic heterocycles. The molecule has 6 heteroatoms. The van der Waals surface area contributed by atoms with E-state index in [1.807, 2.05) is 11.9 Å². The number of benzene rings is 1. The SMILES string of the molecule is CN1c2c(ncn(CC=O)c2=O)CCC1c1ccc(F)cc1. The number of anilines is 1. The van der Waals surface area contributed by atoms with E-state index in [0.29, 0.717) is 18.4 Å². The van der Waals surface area contributed by atoms with Crippen molar-refractivity contribution in [3.8, 4) is 0 Å². The molecule has 3 rings (SSSR count). The summed E-state index contributed by atoms with van der Waals surface area (Å²) in [5.41, 5.74) is 2.00. The summed E-state index contributed by atoms with van der Waals surface area (Å²) in [5, 5.41) is 0. The Balaban J connectivity index is 2.02. The topological polar surface area (TPSA) is 55.2 Å². The molecule has 114 valence electrons. The molecule has 0 aliphatic carbocycles. The summed E-state index contributed by atoms with van der Waals surface area (Å²) in [6, 6.07) is 6.32. The number of aromatic nitrogens is 2. The number of nitrogens with zero attached hydrogens (tertiary/aromatic N) is 3. The second-order valence-corrected chi connectivity index (χ2v) is 5.38. The van der Waals surface area contributed by atoms with Crippen LogP contribution in [0.2, 0.25) is 0 Å². The molecule has 1 unspecified atom stereocenters. The lowest BCUT2D eigenvalue weighted by Gasteiger charge is -2.35. The zero-order valence-corrected chi connectivity index (χ0v) is 12.2. The minimum atomic E-state index is -0.280. The monoisotopic (exact) mass is 301 g/mol. The lowest BCUT2D eigenvalue weighted by molar-refractivity contribution is -0.108. The zero-order valence-electron chi connectivity index (χ0n) is 12.2. The largest absolute Gasteiger partial charge is 0.362 e. The molecule has 0 saturated carbocycles. The van der Waals surface area contributed by atoms with Gasteiger partial charge in [-0.05, 0) is 30.5 Å². The van der Waals surface area contributed by atoms with E-state index in [2.05, 4.69) is 4.98 Å². The fraction of sp³-hybridized carbons (Fsp3) is 0.312. The van der Waals surface area contributed by atoms with E-state index >= 15 is 0 Å². The third-order valence-corrected chi connectivity index (χ3v) is 4.09. The maximum absolute atomic E-state index is 13.1. The molecule has 1 aliphatic heterocycles. The van der Waals surface area contributed by atoms with Gasteiger partial charge in [-0.1, -0.05) is 12.1 Å². The smallest absolute Gasteiger partial charge is 0.277 e. The number of fused-ring (bicyclic) bond motifs is 1. The lowest BCUT2D eigenvalue weighted by atomic mass is 9.95. The van der Waals surface area contributed by atoms with E-state index in [9.17, 15) is 14.0 Å². The van der Waals surface area contributed by atoms with Gasteiger partial charge in [-0.25, -0.2) is 9.37 Å². The van der Waals surface area contributed by atoms with E-state index in [-0.39, 0.29) is 24.0 Å². The summed E-state index contributed by atoms with van der Waals surface area (Å²) in [4.78, 5) is 29.3. The van der Waals surface area contributed by atoms with Crippen molar-refractivity contribution in [3.63, 3.8) is 0 Å². The molecule has 0 amide bonds. The van der Waals surface area contributed by atoms with Crippen LogP contribution in [0.5, 0.6) is 0 Å². The van der Waals surface area contributed by atoms with Crippen molar-refractivity contribution in [2.75, 3.05) is 11.9 Å². The van der Waals surface area contributed by atoms with Gasteiger partial charge in [0, 0.05) is 7.05 Å². The number of hydrogen-bond donors (Lipinski definition) is 0.